The van der Waals surface area contributed by atoms with Crippen molar-refractivity contribution in [1.82, 2.24) is 15.5 Å². The minimum absolute atomic E-state index is 0.110. The van der Waals surface area contributed by atoms with Crippen LogP contribution in [0.3, 0.4) is 0 Å². The van der Waals surface area contributed by atoms with Crippen LogP contribution >= 0.6 is 0 Å². The SMILES string of the molecule is CC[C@H]1CN(c2cc(/C(=C/N)C(=O)NC(C)=O)nnc2C)CCO1. The summed E-state index contributed by atoms with van der Waals surface area (Å²) in [6.45, 7) is 7.34. The summed E-state index contributed by atoms with van der Waals surface area (Å²) in [6.07, 6.45) is 2.23. The molecule has 0 radical (unpaired) electrons. The van der Waals surface area contributed by atoms with Gasteiger partial charge in [-0.05, 0) is 19.4 Å². The number of nitrogens with two attached hydrogens (primary N) is 1. The third kappa shape index (κ3) is 4.08. The number of carbonyl (C=O) groups is 2. The summed E-state index contributed by atoms with van der Waals surface area (Å²) in [7, 11) is 0. The largest absolute Gasteiger partial charge is 0.404 e. The maximum absolute atomic E-state index is 12.1. The lowest BCUT2D eigenvalue weighted by molar-refractivity contribution is -0.126. The minimum atomic E-state index is -0.595. The number of ether oxygens (including phenoxy) is 1. The number of nitrogens with zero attached hydrogens (tertiary/aromatic N) is 3. The normalized spacial score (nSPS) is 18.4. The smallest absolute Gasteiger partial charge is 0.261 e. The van der Waals surface area contributed by atoms with Crippen LogP contribution in [-0.4, -0.2) is 47.8 Å². The third-order valence-electron chi connectivity index (χ3n) is 3.86. The molecule has 1 aromatic rings. The molecular formula is C16H23N5O3. The van der Waals surface area contributed by atoms with Crippen molar-refractivity contribution in [2.75, 3.05) is 24.6 Å². The van der Waals surface area contributed by atoms with Gasteiger partial charge in [-0.15, -0.1) is 5.10 Å². The summed E-state index contributed by atoms with van der Waals surface area (Å²) in [5, 5.41) is 10.4. The summed E-state index contributed by atoms with van der Waals surface area (Å²) >= 11 is 0. The maximum atomic E-state index is 12.1. The summed E-state index contributed by atoms with van der Waals surface area (Å²) in [4.78, 5) is 25.3. The molecule has 0 saturated carbocycles. The minimum Gasteiger partial charge on any atom is -0.404 e. The predicted molar refractivity (Wildman–Crippen MR) is 90.0 cm³/mol. The van der Waals surface area contributed by atoms with E-state index in [4.69, 9.17) is 10.5 Å². The lowest BCUT2D eigenvalue weighted by Crippen LogP contribution is -2.42. The van der Waals surface area contributed by atoms with Gasteiger partial charge in [-0.25, -0.2) is 0 Å². The van der Waals surface area contributed by atoms with Gasteiger partial charge in [-0.3, -0.25) is 14.9 Å². The van der Waals surface area contributed by atoms with Gasteiger partial charge < -0.3 is 15.4 Å². The molecule has 1 atom stereocenters. The van der Waals surface area contributed by atoms with Crippen molar-refractivity contribution in [3.05, 3.63) is 23.7 Å². The Kier molecular flexibility index (Phi) is 5.86. The van der Waals surface area contributed by atoms with E-state index >= 15 is 0 Å². The summed E-state index contributed by atoms with van der Waals surface area (Å²) in [6, 6.07) is 1.78. The lowest BCUT2D eigenvalue weighted by Gasteiger charge is -2.34. The molecule has 1 fully saturated rings. The van der Waals surface area contributed by atoms with Gasteiger partial charge >= 0.3 is 0 Å². The Balaban J connectivity index is 2.30. The zero-order valence-corrected chi connectivity index (χ0v) is 14.2. The van der Waals surface area contributed by atoms with Crippen LogP contribution in [0.25, 0.3) is 5.57 Å². The molecular weight excluding hydrogens is 310 g/mol. The van der Waals surface area contributed by atoms with E-state index in [0.29, 0.717) is 12.3 Å². The number of imide groups is 1. The molecule has 1 saturated heterocycles. The lowest BCUT2D eigenvalue weighted by atomic mass is 10.1. The molecule has 1 aliphatic rings. The first-order chi connectivity index (χ1) is 11.5. The van der Waals surface area contributed by atoms with Crippen molar-refractivity contribution in [3.8, 4) is 0 Å². The van der Waals surface area contributed by atoms with Gasteiger partial charge in [0.1, 0.15) is 5.69 Å². The molecule has 8 nitrogen and oxygen atoms in total. The standard InChI is InChI=1S/C16H23N5O3/c1-4-12-9-21(5-6-24-12)15-7-14(20-19-10(15)2)13(8-17)16(23)18-11(3)22/h7-8,12H,4-6,9,17H2,1-3H3,(H,18,22,23)/b13-8-/t12-/m0/s1. The van der Waals surface area contributed by atoms with E-state index < -0.39 is 11.8 Å². The second kappa shape index (κ2) is 7.87. The zero-order chi connectivity index (χ0) is 17.7. The number of hydrogen-bond donors (Lipinski definition) is 2. The maximum Gasteiger partial charge on any atom is 0.261 e. The average molecular weight is 333 g/mol. The average Bonchev–Trinajstić information content (AvgIpc) is 2.56. The number of rotatable bonds is 4. The number of aryl methyl sites for hydroxylation is 1. The topological polar surface area (TPSA) is 110 Å². The Bertz CT molecular complexity index is 659. The summed E-state index contributed by atoms with van der Waals surface area (Å²) < 4.78 is 5.69. The van der Waals surface area contributed by atoms with Gasteiger partial charge in [0.2, 0.25) is 5.91 Å². The number of carbonyl (C=O) groups excluding carboxylic acids is 2. The van der Waals surface area contributed by atoms with Crippen LogP contribution in [0.2, 0.25) is 0 Å². The van der Waals surface area contributed by atoms with Gasteiger partial charge in [-0.2, -0.15) is 5.10 Å². The third-order valence-corrected chi connectivity index (χ3v) is 3.86. The Morgan fingerprint density at radius 1 is 1.50 bits per heavy atom. The van der Waals surface area contributed by atoms with Crippen molar-refractivity contribution in [1.29, 1.82) is 0 Å². The Morgan fingerprint density at radius 2 is 2.25 bits per heavy atom. The Hall–Kier alpha value is -2.48. The van der Waals surface area contributed by atoms with Crippen LogP contribution in [0.5, 0.6) is 0 Å². The van der Waals surface area contributed by atoms with Crippen LogP contribution in [0.4, 0.5) is 5.69 Å². The van der Waals surface area contributed by atoms with E-state index in [1.165, 1.54) is 6.92 Å². The fourth-order valence-corrected chi connectivity index (χ4v) is 2.58. The highest BCUT2D eigenvalue weighted by atomic mass is 16.5. The first-order valence-electron chi connectivity index (χ1n) is 7.91. The molecule has 3 N–H and O–H groups in total. The van der Waals surface area contributed by atoms with E-state index in [2.05, 4.69) is 27.3 Å². The van der Waals surface area contributed by atoms with Crippen LogP contribution in [0.15, 0.2) is 12.3 Å². The second-order valence-electron chi connectivity index (χ2n) is 5.64. The number of morpholine rings is 1. The summed E-state index contributed by atoms with van der Waals surface area (Å²) in [5.41, 5.74) is 7.65. The molecule has 2 rings (SSSR count). The zero-order valence-electron chi connectivity index (χ0n) is 14.2. The number of anilines is 1. The fraction of sp³-hybridized carbons (Fsp3) is 0.500. The van der Waals surface area contributed by atoms with Crippen molar-refractivity contribution in [2.24, 2.45) is 5.73 Å². The number of aromatic nitrogens is 2. The Morgan fingerprint density at radius 3 is 2.88 bits per heavy atom. The molecule has 24 heavy (non-hydrogen) atoms. The molecule has 2 amide bonds. The van der Waals surface area contributed by atoms with E-state index in [-0.39, 0.29) is 11.7 Å². The van der Waals surface area contributed by atoms with Crippen LogP contribution in [0.1, 0.15) is 31.7 Å². The van der Waals surface area contributed by atoms with E-state index in [1.807, 2.05) is 6.92 Å². The molecule has 0 aromatic carbocycles. The van der Waals surface area contributed by atoms with Crippen molar-refractivity contribution in [2.45, 2.75) is 33.3 Å². The second-order valence-corrected chi connectivity index (χ2v) is 5.64. The fourth-order valence-electron chi connectivity index (χ4n) is 2.58. The first-order valence-corrected chi connectivity index (χ1v) is 7.91. The first kappa shape index (κ1) is 17.9. The molecule has 130 valence electrons. The summed E-state index contributed by atoms with van der Waals surface area (Å²) in [5.74, 6) is -1.05. The van der Waals surface area contributed by atoms with Crippen molar-refractivity contribution >= 4 is 23.1 Å². The molecule has 2 heterocycles. The molecule has 1 aromatic heterocycles. The van der Waals surface area contributed by atoms with Crippen molar-refractivity contribution < 1.29 is 14.3 Å². The molecule has 0 aliphatic carbocycles. The van der Waals surface area contributed by atoms with E-state index in [0.717, 1.165) is 37.1 Å². The van der Waals surface area contributed by atoms with Gasteiger partial charge in [0, 0.05) is 26.2 Å². The molecule has 0 spiro atoms. The van der Waals surface area contributed by atoms with Gasteiger partial charge in [0.15, 0.2) is 0 Å². The van der Waals surface area contributed by atoms with Crippen molar-refractivity contribution in [3.63, 3.8) is 0 Å². The monoisotopic (exact) mass is 333 g/mol. The van der Waals surface area contributed by atoms with Gasteiger partial charge in [-0.1, -0.05) is 6.92 Å². The predicted octanol–water partition coefficient (Wildman–Crippen LogP) is 0.363. The Labute approximate surface area is 141 Å². The number of nitrogens with one attached hydrogen (secondary N) is 1. The number of amides is 2. The number of hydrogen-bond acceptors (Lipinski definition) is 7. The van der Waals surface area contributed by atoms with E-state index in [9.17, 15) is 9.59 Å². The van der Waals surface area contributed by atoms with E-state index in [1.54, 1.807) is 6.07 Å². The van der Waals surface area contributed by atoms with Gasteiger partial charge in [0.25, 0.3) is 5.91 Å². The van der Waals surface area contributed by atoms with Crippen LogP contribution in [0, 0.1) is 6.92 Å². The molecule has 0 unspecified atom stereocenters. The molecule has 0 bridgehead atoms. The van der Waals surface area contributed by atoms with Crippen LogP contribution in [-0.2, 0) is 14.3 Å². The van der Waals surface area contributed by atoms with Crippen LogP contribution < -0.4 is 16.0 Å². The quantitative estimate of drug-likeness (QED) is 0.766. The highest BCUT2D eigenvalue weighted by Crippen LogP contribution is 2.24. The highest BCUT2D eigenvalue weighted by molar-refractivity contribution is 6.22. The molecule has 8 heteroatoms. The molecule has 1 aliphatic heterocycles. The van der Waals surface area contributed by atoms with Gasteiger partial charge in [0.05, 0.1) is 29.7 Å². The highest BCUT2D eigenvalue weighted by Gasteiger charge is 2.23.